The number of nitrogen functional groups attached to an aromatic ring is 1. The number of hydrogen-bond donors (Lipinski definition) is 3. The van der Waals surface area contributed by atoms with Gasteiger partial charge in [0.2, 0.25) is 0 Å². The van der Waals surface area contributed by atoms with E-state index in [2.05, 4.69) is 10.3 Å². The second-order valence-corrected chi connectivity index (χ2v) is 4.59. The molecule has 94 valence electrons. The molecule has 4 N–H and O–H groups in total. The molecule has 0 spiro atoms. The second kappa shape index (κ2) is 3.99. The third-order valence-electron chi connectivity index (χ3n) is 3.31. The highest BCUT2D eigenvalue weighted by Gasteiger charge is 2.23. The topological polar surface area (TPSA) is 92.7 Å². The van der Waals surface area contributed by atoms with E-state index in [9.17, 15) is 9.90 Å². The molecule has 0 amide bonds. The normalized spacial score (nSPS) is 15.8. The Bertz CT molecular complexity index is 616. The van der Waals surface area contributed by atoms with Crippen LogP contribution in [0.2, 0.25) is 0 Å². The SMILES string of the molecule is Nc1cccn2c(CC3CNC3)nc(C(=O)O)c12. The van der Waals surface area contributed by atoms with Crippen molar-refractivity contribution < 1.29 is 9.90 Å². The number of hydrogen-bond acceptors (Lipinski definition) is 4. The van der Waals surface area contributed by atoms with Crippen LogP contribution in [0.4, 0.5) is 5.69 Å². The van der Waals surface area contributed by atoms with Gasteiger partial charge in [-0.3, -0.25) is 0 Å². The average molecular weight is 246 g/mol. The van der Waals surface area contributed by atoms with Crippen LogP contribution < -0.4 is 11.1 Å². The summed E-state index contributed by atoms with van der Waals surface area (Å²) in [6.07, 6.45) is 2.58. The molecular formula is C12H14N4O2. The predicted octanol–water partition coefficient (Wildman–Crippen LogP) is 0.377. The Hall–Kier alpha value is -2.08. The van der Waals surface area contributed by atoms with Gasteiger partial charge in [-0.25, -0.2) is 9.78 Å². The summed E-state index contributed by atoms with van der Waals surface area (Å²) in [6, 6.07) is 3.50. The number of carboxylic acids is 1. The van der Waals surface area contributed by atoms with Gasteiger partial charge in [0.05, 0.1) is 5.69 Å². The lowest BCUT2D eigenvalue weighted by atomic mass is 9.99. The van der Waals surface area contributed by atoms with Crippen LogP contribution in [0.15, 0.2) is 18.3 Å². The molecule has 2 aromatic rings. The lowest BCUT2D eigenvalue weighted by Crippen LogP contribution is -2.43. The number of rotatable bonds is 3. The highest BCUT2D eigenvalue weighted by molar-refractivity contribution is 5.97. The minimum absolute atomic E-state index is 0.0374. The molecule has 18 heavy (non-hydrogen) atoms. The molecule has 0 radical (unpaired) electrons. The number of aromatic carboxylic acids is 1. The van der Waals surface area contributed by atoms with Gasteiger partial charge in [0.15, 0.2) is 5.69 Å². The van der Waals surface area contributed by atoms with Crippen molar-refractivity contribution in [3.63, 3.8) is 0 Å². The number of nitrogens with zero attached hydrogens (tertiary/aromatic N) is 2. The zero-order valence-corrected chi connectivity index (χ0v) is 9.76. The lowest BCUT2D eigenvalue weighted by molar-refractivity contribution is 0.0693. The maximum Gasteiger partial charge on any atom is 0.356 e. The van der Waals surface area contributed by atoms with Crippen LogP contribution in [-0.2, 0) is 6.42 Å². The smallest absolute Gasteiger partial charge is 0.356 e. The molecule has 3 rings (SSSR count). The summed E-state index contributed by atoms with van der Waals surface area (Å²) in [4.78, 5) is 15.4. The number of nitrogens with one attached hydrogen (secondary N) is 1. The van der Waals surface area contributed by atoms with E-state index in [0.29, 0.717) is 17.1 Å². The largest absolute Gasteiger partial charge is 0.476 e. The van der Waals surface area contributed by atoms with E-state index in [4.69, 9.17) is 5.73 Å². The second-order valence-electron chi connectivity index (χ2n) is 4.59. The summed E-state index contributed by atoms with van der Waals surface area (Å²) < 4.78 is 1.79. The minimum atomic E-state index is -1.04. The van der Waals surface area contributed by atoms with Crippen LogP contribution in [0.3, 0.4) is 0 Å². The molecule has 0 aromatic carbocycles. The third-order valence-corrected chi connectivity index (χ3v) is 3.31. The Labute approximate surface area is 103 Å². The van der Waals surface area contributed by atoms with Gasteiger partial charge in [-0.15, -0.1) is 0 Å². The van der Waals surface area contributed by atoms with Crippen molar-refractivity contribution >= 4 is 17.2 Å². The zero-order valence-electron chi connectivity index (χ0n) is 9.76. The van der Waals surface area contributed by atoms with E-state index in [1.165, 1.54) is 0 Å². The van der Waals surface area contributed by atoms with E-state index in [1.54, 1.807) is 16.5 Å². The van der Waals surface area contributed by atoms with Crippen molar-refractivity contribution in [2.24, 2.45) is 5.92 Å². The Morgan fingerprint density at radius 3 is 3.00 bits per heavy atom. The molecule has 6 heteroatoms. The van der Waals surface area contributed by atoms with E-state index >= 15 is 0 Å². The number of carbonyl (C=O) groups is 1. The standard InChI is InChI=1S/C12H14N4O2/c13-8-2-1-3-16-9(4-7-5-14-6-7)15-10(11(8)16)12(17)18/h1-3,7,14H,4-6,13H2,(H,17,18). The molecule has 0 unspecified atom stereocenters. The molecular weight excluding hydrogens is 232 g/mol. The third kappa shape index (κ3) is 1.62. The monoisotopic (exact) mass is 246 g/mol. The molecule has 2 aromatic heterocycles. The predicted molar refractivity (Wildman–Crippen MR) is 66.6 cm³/mol. The fourth-order valence-corrected chi connectivity index (χ4v) is 2.27. The van der Waals surface area contributed by atoms with Gasteiger partial charge in [-0.1, -0.05) is 0 Å². The molecule has 1 fully saturated rings. The van der Waals surface area contributed by atoms with E-state index < -0.39 is 5.97 Å². The van der Waals surface area contributed by atoms with Gasteiger partial charge in [0, 0.05) is 12.6 Å². The first-order valence-corrected chi connectivity index (χ1v) is 5.86. The van der Waals surface area contributed by atoms with Gasteiger partial charge < -0.3 is 20.6 Å². The van der Waals surface area contributed by atoms with Gasteiger partial charge >= 0.3 is 5.97 Å². The molecule has 1 saturated heterocycles. The zero-order chi connectivity index (χ0) is 12.7. The number of nitrogens with two attached hydrogens (primary N) is 1. The van der Waals surface area contributed by atoms with Crippen LogP contribution in [0.25, 0.3) is 5.52 Å². The highest BCUT2D eigenvalue weighted by atomic mass is 16.4. The fourth-order valence-electron chi connectivity index (χ4n) is 2.27. The van der Waals surface area contributed by atoms with Crippen molar-refractivity contribution in [2.45, 2.75) is 6.42 Å². The van der Waals surface area contributed by atoms with Crippen LogP contribution in [0.1, 0.15) is 16.3 Å². The molecule has 0 aliphatic carbocycles. The first-order chi connectivity index (χ1) is 8.66. The van der Waals surface area contributed by atoms with Crippen molar-refractivity contribution in [3.05, 3.63) is 29.8 Å². The first kappa shape index (κ1) is 11.0. The van der Waals surface area contributed by atoms with Crippen LogP contribution in [0.5, 0.6) is 0 Å². The molecule has 1 aliphatic rings. The minimum Gasteiger partial charge on any atom is -0.476 e. The Morgan fingerprint density at radius 2 is 2.39 bits per heavy atom. The lowest BCUT2D eigenvalue weighted by Gasteiger charge is -2.26. The Balaban J connectivity index is 2.13. The number of carboxylic acid groups (broad SMARTS) is 1. The Morgan fingerprint density at radius 1 is 1.61 bits per heavy atom. The average Bonchev–Trinajstić information content (AvgIpc) is 2.64. The number of pyridine rings is 1. The summed E-state index contributed by atoms with van der Waals surface area (Å²) >= 11 is 0. The number of imidazole rings is 1. The number of anilines is 1. The van der Waals surface area contributed by atoms with Crippen molar-refractivity contribution in [2.75, 3.05) is 18.8 Å². The van der Waals surface area contributed by atoms with Gasteiger partial charge in [-0.05, 0) is 31.1 Å². The van der Waals surface area contributed by atoms with E-state index in [1.807, 2.05) is 6.20 Å². The van der Waals surface area contributed by atoms with E-state index in [0.717, 1.165) is 25.3 Å². The van der Waals surface area contributed by atoms with Crippen molar-refractivity contribution in [3.8, 4) is 0 Å². The molecule has 1 aliphatic heterocycles. The molecule has 0 atom stereocenters. The van der Waals surface area contributed by atoms with Crippen LogP contribution in [0, 0.1) is 5.92 Å². The number of fused-ring (bicyclic) bond motifs is 1. The van der Waals surface area contributed by atoms with Crippen molar-refractivity contribution in [1.82, 2.24) is 14.7 Å². The summed E-state index contributed by atoms with van der Waals surface area (Å²) in [7, 11) is 0. The quantitative estimate of drug-likeness (QED) is 0.728. The fraction of sp³-hybridized carbons (Fsp3) is 0.333. The van der Waals surface area contributed by atoms with Crippen molar-refractivity contribution in [1.29, 1.82) is 0 Å². The maximum atomic E-state index is 11.2. The van der Waals surface area contributed by atoms with E-state index in [-0.39, 0.29) is 5.69 Å². The summed E-state index contributed by atoms with van der Waals surface area (Å²) in [5.74, 6) is 0.253. The van der Waals surface area contributed by atoms with Gasteiger partial charge in [-0.2, -0.15) is 0 Å². The Kier molecular flexibility index (Phi) is 2.45. The van der Waals surface area contributed by atoms with Gasteiger partial charge in [0.25, 0.3) is 0 Å². The summed E-state index contributed by atoms with van der Waals surface area (Å²) in [5.41, 5.74) is 6.82. The summed E-state index contributed by atoms with van der Waals surface area (Å²) in [6.45, 7) is 1.92. The molecule has 3 heterocycles. The number of aromatic nitrogens is 2. The van der Waals surface area contributed by atoms with Gasteiger partial charge in [0.1, 0.15) is 11.3 Å². The summed E-state index contributed by atoms with van der Waals surface area (Å²) in [5, 5.41) is 12.4. The first-order valence-electron chi connectivity index (χ1n) is 5.86. The van der Waals surface area contributed by atoms with Crippen LogP contribution in [-0.4, -0.2) is 33.6 Å². The maximum absolute atomic E-state index is 11.2. The molecule has 0 bridgehead atoms. The molecule has 0 saturated carbocycles. The molecule has 6 nitrogen and oxygen atoms in total. The highest BCUT2D eigenvalue weighted by Crippen LogP contribution is 2.22. The van der Waals surface area contributed by atoms with Crippen LogP contribution >= 0.6 is 0 Å².